The highest BCUT2D eigenvalue weighted by Gasteiger charge is 2.55. The summed E-state index contributed by atoms with van der Waals surface area (Å²) in [6, 6.07) is 26.3. The Labute approximate surface area is 330 Å². The third kappa shape index (κ3) is 6.76. The molecule has 6 aromatic carbocycles. The molecule has 6 aromatic rings. The number of benzene rings is 6. The summed E-state index contributed by atoms with van der Waals surface area (Å²) in [7, 11) is 0. The quantitative estimate of drug-likeness (QED) is 0.0713. The Kier molecular flexibility index (Phi) is 9.63. The van der Waals surface area contributed by atoms with Gasteiger partial charge in [0, 0.05) is 53.1 Å². The molecule has 0 bridgehead atoms. The molecule has 0 unspecified atom stereocenters. The van der Waals surface area contributed by atoms with Crippen molar-refractivity contribution in [2.24, 2.45) is 11.8 Å². The van der Waals surface area contributed by atoms with Crippen molar-refractivity contribution in [3.05, 3.63) is 154 Å². The first-order chi connectivity index (χ1) is 27.8. The Balaban J connectivity index is 1.37. The predicted octanol–water partition coefficient (Wildman–Crippen LogP) is 6.83. The molecular formula is C45H38O13. The highest BCUT2D eigenvalue weighted by atomic mass is 16.5. The molecule has 296 valence electrons. The van der Waals surface area contributed by atoms with E-state index in [0.717, 1.165) is 12.1 Å². The summed E-state index contributed by atoms with van der Waals surface area (Å²) >= 11 is 0. The number of ether oxygens (including phenoxy) is 2. The molecule has 2 aliphatic rings. The second-order valence-electron chi connectivity index (χ2n) is 14.6. The van der Waals surface area contributed by atoms with E-state index in [1.807, 2.05) is 0 Å². The fourth-order valence-corrected chi connectivity index (χ4v) is 8.38. The summed E-state index contributed by atoms with van der Waals surface area (Å²) in [5, 5.41) is 109. The smallest absolute Gasteiger partial charge is 0.173 e. The van der Waals surface area contributed by atoms with Crippen molar-refractivity contribution in [2.45, 2.75) is 36.8 Å². The van der Waals surface area contributed by atoms with E-state index >= 15 is 4.79 Å². The van der Waals surface area contributed by atoms with Crippen LogP contribution in [0.5, 0.6) is 57.5 Å². The molecule has 13 heteroatoms. The number of Topliss-reactive ketones (excluding diaryl/α,β-unsaturated/α-hetero) is 1. The number of aliphatic hydroxyl groups is 1. The van der Waals surface area contributed by atoms with Crippen molar-refractivity contribution < 1.29 is 65.3 Å². The maximum absolute atomic E-state index is 15.1. The standard InChI is InChI=1S/C45H38O13/c46-24-7-1-21(2-8-24)37(38-34(53)20-36-31(42(38)56)19-35(54)43(57-36)22-3-9-25(47)10-4-22)39-40(41(55)29-15-13-27(49)17-32(29)51)44(23-5-11-26(48)12-6-23)58-45(39)30-16-14-28(50)18-33(30)52/h1-18,20,35,37,39-40,43-54,56H,19H2/t35-,37+,39-,40+,43+,44+,45-/m1/s1. The van der Waals surface area contributed by atoms with Crippen molar-refractivity contribution in [1.82, 2.24) is 0 Å². The number of phenolic OH excluding ortho intramolecular Hbond substituents is 9. The second kappa shape index (κ2) is 14.8. The van der Waals surface area contributed by atoms with Gasteiger partial charge in [-0.1, -0.05) is 36.4 Å². The predicted molar refractivity (Wildman–Crippen MR) is 206 cm³/mol. The monoisotopic (exact) mass is 786 g/mol. The Morgan fingerprint density at radius 2 is 1.10 bits per heavy atom. The Morgan fingerprint density at radius 1 is 0.569 bits per heavy atom. The Bertz CT molecular complexity index is 2500. The van der Waals surface area contributed by atoms with E-state index in [1.54, 1.807) is 24.3 Å². The van der Waals surface area contributed by atoms with Gasteiger partial charge in [-0.05, 0) is 77.4 Å². The van der Waals surface area contributed by atoms with E-state index in [2.05, 4.69) is 0 Å². The van der Waals surface area contributed by atoms with Crippen LogP contribution in [-0.2, 0) is 11.2 Å². The van der Waals surface area contributed by atoms with Crippen LogP contribution in [0, 0.1) is 11.8 Å². The van der Waals surface area contributed by atoms with Crippen LogP contribution >= 0.6 is 0 Å². The lowest BCUT2D eigenvalue weighted by Crippen LogP contribution is -2.32. The molecule has 0 radical (unpaired) electrons. The minimum Gasteiger partial charge on any atom is -0.508 e. The fourth-order valence-electron chi connectivity index (χ4n) is 8.38. The van der Waals surface area contributed by atoms with E-state index in [0.29, 0.717) is 16.7 Å². The number of rotatable bonds is 8. The van der Waals surface area contributed by atoms with Crippen molar-refractivity contribution in [2.75, 3.05) is 0 Å². The van der Waals surface area contributed by atoms with Crippen molar-refractivity contribution >= 4 is 5.78 Å². The van der Waals surface area contributed by atoms with Gasteiger partial charge in [-0.2, -0.15) is 0 Å². The van der Waals surface area contributed by atoms with Crippen molar-refractivity contribution in [1.29, 1.82) is 0 Å². The SMILES string of the molecule is O=C(c1ccc(O)cc1O)[C@@H]1[C@@H]([C@@H](c2ccc(O)cc2)c2c(O)cc3c(c2O)C[C@@H](O)[C@H](c2ccc(O)cc2)O3)[C@@H](c2ccc(O)cc2O)O[C@H]1c1ccc(O)cc1. The summed E-state index contributed by atoms with van der Waals surface area (Å²) in [5.41, 5.74) is 1.23. The maximum atomic E-state index is 15.1. The zero-order valence-electron chi connectivity index (χ0n) is 30.4. The molecule has 58 heavy (non-hydrogen) atoms. The van der Waals surface area contributed by atoms with Crippen LogP contribution in [0.2, 0.25) is 0 Å². The molecule has 0 aliphatic carbocycles. The Morgan fingerprint density at radius 3 is 1.69 bits per heavy atom. The van der Waals surface area contributed by atoms with Gasteiger partial charge in [0.1, 0.15) is 63.6 Å². The van der Waals surface area contributed by atoms with Gasteiger partial charge in [0.25, 0.3) is 0 Å². The fraction of sp³-hybridized carbons (Fsp3) is 0.178. The molecule has 2 heterocycles. The summed E-state index contributed by atoms with van der Waals surface area (Å²) < 4.78 is 13.0. The van der Waals surface area contributed by atoms with Crippen LogP contribution in [0.3, 0.4) is 0 Å². The maximum Gasteiger partial charge on any atom is 0.173 e. The number of ketones is 1. The van der Waals surface area contributed by atoms with Crippen molar-refractivity contribution in [3.63, 3.8) is 0 Å². The number of carbonyl (C=O) groups excluding carboxylic acids is 1. The van der Waals surface area contributed by atoms with E-state index in [-0.39, 0.29) is 63.2 Å². The molecule has 1 saturated heterocycles. The van der Waals surface area contributed by atoms with Crippen molar-refractivity contribution in [3.8, 4) is 57.5 Å². The molecule has 7 atom stereocenters. The van der Waals surface area contributed by atoms with Crippen LogP contribution in [-0.4, -0.2) is 63.0 Å². The summed E-state index contributed by atoms with van der Waals surface area (Å²) in [4.78, 5) is 15.1. The number of aliphatic hydroxyl groups excluding tert-OH is 1. The van der Waals surface area contributed by atoms with Crippen LogP contribution in [0.25, 0.3) is 0 Å². The van der Waals surface area contributed by atoms with Crippen LogP contribution < -0.4 is 4.74 Å². The van der Waals surface area contributed by atoms with E-state index in [1.165, 1.54) is 78.9 Å². The highest BCUT2D eigenvalue weighted by Crippen LogP contribution is 2.61. The minimum absolute atomic E-state index is 0.00883. The number of aromatic hydroxyl groups is 9. The lowest BCUT2D eigenvalue weighted by atomic mass is 9.67. The van der Waals surface area contributed by atoms with Crippen LogP contribution in [0.1, 0.15) is 68.0 Å². The molecule has 0 spiro atoms. The largest absolute Gasteiger partial charge is 0.508 e. The van der Waals surface area contributed by atoms with Gasteiger partial charge in [0.2, 0.25) is 0 Å². The van der Waals surface area contributed by atoms with Gasteiger partial charge in [-0.25, -0.2) is 0 Å². The van der Waals surface area contributed by atoms with Crippen LogP contribution in [0.4, 0.5) is 0 Å². The van der Waals surface area contributed by atoms with Crippen LogP contribution in [0.15, 0.2) is 115 Å². The lowest BCUT2D eigenvalue weighted by Gasteiger charge is -2.36. The molecule has 1 fully saturated rings. The first-order valence-electron chi connectivity index (χ1n) is 18.3. The summed E-state index contributed by atoms with van der Waals surface area (Å²) in [6.45, 7) is 0. The number of hydrogen-bond acceptors (Lipinski definition) is 13. The first-order valence-corrected chi connectivity index (χ1v) is 18.3. The van der Waals surface area contributed by atoms with Gasteiger partial charge >= 0.3 is 0 Å². The van der Waals surface area contributed by atoms with E-state index in [4.69, 9.17) is 9.47 Å². The van der Waals surface area contributed by atoms with E-state index < -0.39 is 71.0 Å². The number of phenols is 9. The molecule has 10 N–H and O–H groups in total. The lowest BCUT2D eigenvalue weighted by molar-refractivity contribution is 0.0194. The average molecular weight is 787 g/mol. The molecule has 0 saturated carbocycles. The zero-order chi connectivity index (χ0) is 41.0. The average Bonchev–Trinajstić information content (AvgIpc) is 3.57. The number of carbonyl (C=O) groups is 1. The molecule has 8 rings (SSSR count). The summed E-state index contributed by atoms with van der Waals surface area (Å²) in [6.07, 6.45) is -4.72. The topological polar surface area (TPSA) is 238 Å². The van der Waals surface area contributed by atoms with Gasteiger partial charge in [0.15, 0.2) is 5.78 Å². The second-order valence-corrected chi connectivity index (χ2v) is 14.6. The molecule has 2 aliphatic heterocycles. The third-order valence-corrected chi connectivity index (χ3v) is 11.0. The summed E-state index contributed by atoms with van der Waals surface area (Å²) in [5.74, 6) is -7.03. The zero-order valence-corrected chi connectivity index (χ0v) is 30.4. The third-order valence-electron chi connectivity index (χ3n) is 11.0. The highest BCUT2D eigenvalue weighted by molar-refractivity contribution is 6.01. The minimum atomic E-state index is -1.33. The normalized spacial score (nSPS) is 21.8. The van der Waals surface area contributed by atoms with Gasteiger partial charge in [-0.3, -0.25) is 4.79 Å². The molecule has 0 amide bonds. The first kappa shape index (κ1) is 37.8. The van der Waals surface area contributed by atoms with Gasteiger partial charge in [0.05, 0.1) is 29.8 Å². The molecule has 13 nitrogen and oxygen atoms in total. The molecule has 0 aromatic heterocycles. The number of hydrogen-bond donors (Lipinski definition) is 10. The van der Waals surface area contributed by atoms with Gasteiger partial charge in [-0.15, -0.1) is 0 Å². The van der Waals surface area contributed by atoms with Gasteiger partial charge < -0.3 is 60.5 Å². The van der Waals surface area contributed by atoms with E-state index in [9.17, 15) is 51.1 Å². The number of fused-ring (bicyclic) bond motifs is 1. The molecular weight excluding hydrogens is 748 g/mol. The Hall–Kier alpha value is -7.09.